The average Bonchev–Trinajstić information content (AvgIpc) is 3.24. The second-order valence-electron chi connectivity index (χ2n) is 9.84. The van der Waals surface area contributed by atoms with Gasteiger partial charge in [-0.2, -0.15) is 5.10 Å². The lowest BCUT2D eigenvalue weighted by molar-refractivity contribution is -0.121. The van der Waals surface area contributed by atoms with Crippen LogP contribution in [0.1, 0.15) is 50.6 Å². The number of aromatic nitrogens is 4. The van der Waals surface area contributed by atoms with Crippen LogP contribution in [0.5, 0.6) is 0 Å². The Bertz CT molecular complexity index is 1150. The van der Waals surface area contributed by atoms with E-state index in [-0.39, 0.29) is 18.4 Å². The van der Waals surface area contributed by atoms with E-state index in [1.807, 2.05) is 30.2 Å². The van der Waals surface area contributed by atoms with Crippen molar-refractivity contribution in [3.05, 3.63) is 36.4 Å². The Morgan fingerprint density at radius 1 is 1.03 bits per heavy atom. The highest BCUT2D eigenvalue weighted by Crippen LogP contribution is 2.30. The second kappa shape index (κ2) is 10.2. The second-order valence-corrected chi connectivity index (χ2v) is 9.84. The Kier molecular flexibility index (Phi) is 6.87. The highest BCUT2D eigenvalue weighted by Gasteiger charge is 2.26. The number of aryl methyl sites for hydroxylation is 1. The molecular formula is C26H34N6O2. The number of hydrogen-bond donors (Lipinski definition) is 2. The first kappa shape index (κ1) is 22.9. The number of nitrogens with zero attached hydrogens (tertiary/aromatic N) is 5. The highest BCUT2D eigenvalue weighted by molar-refractivity contribution is 5.94. The van der Waals surface area contributed by atoms with E-state index < -0.39 is 0 Å². The summed E-state index contributed by atoms with van der Waals surface area (Å²) in [6.45, 7) is 3.35. The number of fused-ring (bicyclic) bond motifs is 1. The van der Waals surface area contributed by atoms with Crippen molar-refractivity contribution >= 4 is 22.5 Å². The van der Waals surface area contributed by atoms with Gasteiger partial charge in [0.1, 0.15) is 5.82 Å². The van der Waals surface area contributed by atoms with Crippen LogP contribution in [0.25, 0.3) is 22.0 Å². The number of anilines is 1. The van der Waals surface area contributed by atoms with E-state index in [0.717, 1.165) is 67.3 Å². The fraction of sp³-hybridized carbons (Fsp3) is 0.538. The first-order valence-electron chi connectivity index (χ1n) is 12.5. The maximum absolute atomic E-state index is 12.8. The molecule has 34 heavy (non-hydrogen) atoms. The highest BCUT2D eigenvalue weighted by atomic mass is 16.3. The third-order valence-electron chi connectivity index (χ3n) is 7.49. The molecule has 8 nitrogen and oxygen atoms in total. The third-order valence-corrected chi connectivity index (χ3v) is 7.49. The minimum Gasteiger partial charge on any atom is -0.396 e. The molecule has 1 saturated carbocycles. The van der Waals surface area contributed by atoms with Crippen LogP contribution >= 0.6 is 0 Å². The molecule has 2 aliphatic rings. The third kappa shape index (κ3) is 4.98. The van der Waals surface area contributed by atoms with Gasteiger partial charge in [-0.1, -0.05) is 6.42 Å². The average molecular weight is 463 g/mol. The molecular weight excluding hydrogens is 428 g/mol. The summed E-state index contributed by atoms with van der Waals surface area (Å²) in [5.41, 5.74) is 3.12. The predicted molar refractivity (Wildman–Crippen MR) is 132 cm³/mol. The molecule has 3 aromatic heterocycles. The van der Waals surface area contributed by atoms with Crippen molar-refractivity contribution in [3.63, 3.8) is 0 Å². The van der Waals surface area contributed by atoms with Crippen molar-refractivity contribution in [2.24, 2.45) is 18.9 Å². The van der Waals surface area contributed by atoms with E-state index in [0.29, 0.717) is 11.7 Å². The quantitative estimate of drug-likeness (QED) is 0.579. The first-order chi connectivity index (χ1) is 16.6. The monoisotopic (exact) mass is 462 g/mol. The number of aliphatic hydroxyl groups excluding tert-OH is 1. The van der Waals surface area contributed by atoms with Gasteiger partial charge in [0.15, 0.2) is 0 Å². The molecule has 0 bridgehead atoms. The van der Waals surface area contributed by atoms with Crippen molar-refractivity contribution in [2.45, 2.75) is 51.5 Å². The summed E-state index contributed by atoms with van der Waals surface area (Å²) in [4.78, 5) is 24.4. The topological polar surface area (TPSA) is 96.2 Å². The largest absolute Gasteiger partial charge is 0.396 e. The van der Waals surface area contributed by atoms with Gasteiger partial charge in [0.25, 0.3) is 0 Å². The van der Waals surface area contributed by atoms with Crippen molar-refractivity contribution in [1.29, 1.82) is 0 Å². The maximum atomic E-state index is 12.8. The van der Waals surface area contributed by atoms with Gasteiger partial charge in [0.05, 0.1) is 17.6 Å². The number of carbonyl (C=O) groups is 1. The first-order valence-corrected chi connectivity index (χ1v) is 12.5. The van der Waals surface area contributed by atoms with Gasteiger partial charge in [-0.05, 0) is 75.1 Å². The van der Waals surface area contributed by atoms with E-state index in [1.165, 1.54) is 25.0 Å². The summed E-state index contributed by atoms with van der Waals surface area (Å²) in [7, 11) is 2.00. The molecule has 1 aliphatic heterocycles. The van der Waals surface area contributed by atoms with E-state index in [9.17, 15) is 9.90 Å². The van der Waals surface area contributed by atoms with Gasteiger partial charge in [-0.15, -0.1) is 0 Å². The van der Waals surface area contributed by atoms with Crippen molar-refractivity contribution in [1.82, 2.24) is 24.6 Å². The van der Waals surface area contributed by atoms with Crippen molar-refractivity contribution < 1.29 is 9.90 Å². The van der Waals surface area contributed by atoms with Gasteiger partial charge < -0.3 is 10.4 Å². The van der Waals surface area contributed by atoms with Gasteiger partial charge in [0, 0.05) is 49.5 Å². The Hall–Kier alpha value is -2.84. The standard InChI is InChI=1S/C26H34N6O2/c1-31-24(16-32-9-3-2-4-10-32)22(15-29-31)23-11-20-12-25(28-14-21(20)13-27-23)30-26(34)19-7-5-18(17-33)6-8-19/h11-15,18-19,33H,2-10,16-17H2,1H3,(H,28,30,34)/t18-,19-. The number of nitrogens with one attached hydrogen (secondary N) is 1. The molecule has 0 atom stereocenters. The summed E-state index contributed by atoms with van der Waals surface area (Å²) in [6, 6.07) is 3.99. The summed E-state index contributed by atoms with van der Waals surface area (Å²) in [5, 5.41) is 18.8. The smallest absolute Gasteiger partial charge is 0.228 e. The lowest BCUT2D eigenvalue weighted by atomic mass is 9.82. The molecule has 1 amide bonds. The van der Waals surface area contributed by atoms with E-state index in [1.54, 1.807) is 6.20 Å². The summed E-state index contributed by atoms with van der Waals surface area (Å²) >= 11 is 0. The Morgan fingerprint density at radius 2 is 1.79 bits per heavy atom. The molecule has 0 unspecified atom stereocenters. The zero-order valence-corrected chi connectivity index (χ0v) is 19.9. The molecule has 5 rings (SSSR count). The van der Waals surface area contributed by atoms with Crippen molar-refractivity contribution in [3.8, 4) is 11.3 Å². The predicted octanol–water partition coefficient (Wildman–Crippen LogP) is 3.75. The van der Waals surface area contributed by atoms with E-state index in [2.05, 4.69) is 26.4 Å². The Labute approximate surface area is 200 Å². The fourth-order valence-electron chi connectivity index (χ4n) is 5.28. The SMILES string of the molecule is Cn1ncc(-c2cc3cc(NC(=O)[C@H]4CC[C@H](CO)CC4)ncc3cn2)c1CN1CCCCC1. The van der Waals surface area contributed by atoms with Crippen molar-refractivity contribution in [2.75, 3.05) is 25.0 Å². The number of aliphatic hydroxyl groups is 1. The molecule has 0 radical (unpaired) electrons. The number of carbonyl (C=O) groups excluding carboxylic acids is 1. The minimum absolute atomic E-state index is 0.0129. The van der Waals surface area contributed by atoms with Crippen LogP contribution in [-0.2, 0) is 18.4 Å². The molecule has 8 heteroatoms. The maximum Gasteiger partial charge on any atom is 0.228 e. The Morgan fingerprint density at radius 3 is 2.56 bits per heavy atom. The van der Waals surface area contributed by atoms with Gasteiger partial charge in [0.2, 0.25) is 5.91 Å². The summed E-state index contributed by atoms with van der Waals surface area (Å²) in [6.07, 6.45) is 12.8. The fourth-order valence-corrected chi connectivity index (χ4v) is 5.28. The summed E-state index contributed by atoms with van der Waals surface area (Å²) < 4.78 is 1.96. The molecule has 180 valence electrons. The summed E-state index contributed by atoms with van der Waals surface area (Å²) in [5.74, 6) is 0.911. The zero-order valence-electron chi connectivity index (χ0n) is 19.9. The van der Waals surface area contributed by atoms with Crippen LogP contribution in [0.3, 0.4) is 0 Å². The van der Waals surface area contributed by atoms with Gasteiger partial charge in [-0.3, -0.25) is 19.4 Å². The minimum atomic E-state index is -0.0129. The number of amides is 1. The molecule has 0 spiro atoms. The van der Waals surface area contributed by atoms with E-state index >= 15 is 0 Å². The molecule has 3 aromatic rings. The number of piperidine rings is 1. The van der Waals surface area contributed by atoms with Crippen LogP contribution in [0.4, 0.5) is 5.82 Å². The normalized spacial score (nSPS) is 21.6. The number of pyridine rings is 2. The molecule has 2 N–H and O–H groups in total. The van der Waals surface area contributed by atoms with Gasteiger partial charge in [-0.25, -0.2) is 4.98 Å². The molecule has 4 heterocycles. The number of hydrogen-bond acceptors (Lipinski definition) is 6. The van der Waals surface area contributed by atoms with Crippen LogP contribution in [0.2, 0.25) is 0 Å². The molecule has 1 aliphatic carbocycles. The molecule has 0 aromatic carbocycles. The number of likely N-dealkylation sites (tertiary alicyclic amines) is 1. The lowest BCUT2D eigenvalue weighted by Gasteiger charge is -2.26. The van der Waals surface area contributed by atoms with Crippen LogP contribution in [0.15, 0.2) is 30.7 Å². The van der Waals surface area contributed by atoms with Gasteiger partial charge >= 0.3 is 0 Å². The Balaban J connectivity index is 1.34. The van der Waals surface area contributed by atoms with Crippen LogP contribution in [0, 0.1) is 11.8 Å². The molecule has 2 fully saturated rings. The molecule has 1 saturated heterocycles. The van der Waals surface area contributed by atoms with E-state index in [4.69, 9.17) is 4.98 Å². The number of rotatable bonds is 6. The van der Waals surface area contributed by atoms with Crippen LogP contribution < -0.4 is 5.32 Å². The van der Waals surface area contributed by atoms with Crippen LogP contribution in [-0.4, -0.2) is 55.4 Å². The lowest BCUT2D eigenvalue weighted by Crippen LogP contribution is -2.30. The zero-order chi connectivity index (χ0) is 23.5.